The largest absolute Gasteiger partial charge is 0.397 e. The Labute approximate surface area is 88.5 Å². The first-order valence-corrected chi connectivity index (χ1v) is 5.87. The molecule has 2 atom stereocenters. The fourth-order valence-corrected chi connectivity index (χ4v) is 2.84. The number of pyridine rings is 1. The van der Waals surface area contributed by atoms with Gasteiger partial charge in [-0.05, 0) is 12.5 Å². The van der Waals surface area contributed by atoms with Crippen molar-refractivity contribution in [3.05, 3.63) is 18.5 Å². The summed E-state index contributed by atoms with van der Waals surface area (Å²) in [5.74, 6) is 1.18. The third kappa shape index (κ3) is 2.32. The van der Waals surface area contributed by atoms with Gasteiger partial charge in [-0.25, -0.2) is 0 Å². The lowest BCUT2D eigenvalue weighted by Gasteiger charge is -2.12. The van der Waals surface area contributed by atoms with Crippen molar-refractivity contribution in [2.24, 2.45) is 0 Å². The summed E-state index contributed by atoms with van der Waals surface area (Å²) in [5, 5.41) is 4.21. The molecule has 1 aromatic rings. The Morgan fingerprint density at radius 3 is 3.07 bits per heavy atom. The predicted molar refractivity (Wildman–Crippen MR) is 62.6 cm³/mol. The molecule has 0 aromatic carbocycles. The van der Waals surface area contributed by atoms with E-state index in [1.54, 1.807) is 6.20 Å². The minimum Gasteiger partial charge on any atom is -0.397 e. The zero-order valence-corrected chi connectivity index (χ0v) is 9.05. The fourth-order valence-electron chi connectivity index (χ4n) is 1.69. The minimum atomic E-state index is 0.568. The van der Waals surface area contributed by atoms with Crippen LogP contribution in [0.2, 0.25) is 0 Å². The number of aromatic nitrogens is 1. The number of nitrogens with two attached hydrogens (primary N) is 1. The highest BCUT2D eigenvalue weighted by Gasteiger charge is 2.21. The highest BCUT2D eigenvalue weighted by Crippen LogP contribution is 2.28. The molecule has 0 amide bonds. The van der Waals surface area contributed by atoms with E-state index in [1.165, 1.54) is 12.2 Å². The van der Waals surface area contributed by atoms with E-state index in [-0.39, 0.29) is 0 Å². The first-order valence-electron chi connectivity index (χ1n) is 4.82. The molecule has 76 valence electrons. The van der Waals surface area contributed by atoms with Crippen LogP contribution < -0.4 is 11.1 Å². The van der Waals surface area contributed by atoms with Gasteiger partial charge in [0, 0.05) is 23.2 Å². The predicted octanol–water partition coefficient (Wildman–Crippen LogP) is 1.97. The maximum Gasteiger partial charge on any atom is 0.0549 e. The molecule has 1 aliphatic rings. The van der Waals surface area contributed by atoms with Crippen molar-refractivity contribution in [2.75, 3.05) is 16.8 Å². The Morgan fingerprint density at radius 2 is 2.43 bits per heavy atom. The monoisotopic (exact) mass is 209 g/mol. The molecule has 0 radical (unpaired) electrons. The van der Waals surface area contributed by atoms with Crippen LogP contribution in [0.3, 0.4) is 0 Å². The standard InChI is InChI=1S/C10H15N3S/c1-7-2-10(6-14-7)13-9-3-8(11)4-12-5-9/h3-5,7,10,13H,2,6,11H2,1H3. The van der Waals surface area contributed by atoms with E-state index >= 15 is 0 Å². The van der Waals surface area contributed by atoms with Gasteiger partial charge in [-0.1, -0.05) is 6.92 Å². The SMILES string of the molecule is CC1CC(Nc2cncc(N)c2)CS1. The topological polar surface area (TPSA) is 50.9 Å². The number of rotatable bonds is 2. The van der Waals surface area contributed by atoms with E-state index in [4.69, 9.17) is 5.73 Å². The average molecular weight is 209 g/mol. The molecule has 1 aliphatic heterocycles. The van der Waals surface area contributed by atoms with Crippen molar-refractivity contribution in [3.8, 4) is 0 Å². The first kappa shape index (κ1) is 9.65. The van der Waals surface area contributed by atoms with Gasteiger partial charge in [-0.2, -0.15) is 11.8 Å². The molecule has 1 fully saturated rings. The van der Waals surface area contributed by atoms with Gasteiger partial charge in [0.15, 0.2) is 0 Å². The van der Waals surface area contributed by atoms with E-state index in [2.05, 4.69) is 17.2 Å². The van der Waals surface area contributed by atoms with Crippen molar-refractivity contribution in [1.29, 1.82) is 0 Å². The Kier molecular flexibility index (Phi) is 2.82. The van der Waals surface area contributed by atoms with Crippen LogP contribution in [0.1, 0.15) is 13.3 Å². The maximum absolute atomic E-state index is 5.65. The highest BCUT2D eigenvalue weighted by molar-refractivity contribution is 8.00. The van der Waals surface area contributed by atoms with Crippen molar-refractivity contribution in [3.63, 3.8) is 0 Å². The average Bonchev–Trinajstić information content (AvgIpc) is 2.51. The van der Waals surface area contributed by atoms with Gasteiger partial charge in [0.25, 0.3) is 0 Å². The molecule has 0 spiro atoms. The molecule has 0 bridgehead atoms. The van der Waals surface area contributed by atoms with Crippen LogP contribution >= 0.6 is 11.8 Å². The Bertz CT molecular complexity index is 316. The molecule has 1 saturated heterocycles. The van der Waals surface area contributed by atoms with Gasteiger partial charge in [-0.3, -0.25) is 4.98 Å². The van der Waals surface area contributed by atoms with Crippen LogP contribution in [0.15, 0.2) is 18.5 Å². The van der Waals surface area contributed by atoms with Crippen molar-refractivity contribution in [1.82, 2.24) is 4.98 Å². The third-order valence-corrected chi connectivity index (χ3v) is 3.68. The summed E-state index contributed by atoms with van der Waals surface area (Å²) in [6.07, 6.45) is 4.71. The summed E-state index contributed by atoms with van der Waals surface area (Å²) in [5.41, 5.74) is 7.40. The number of nitrogen functional groups attached to an aromatic ring is 1. The third-order valence-electron chi connectivity index (χ3n) is 2.33. The second kappa shape index (κ2) is 4.09. The number of thioether (sulfide) groups is 1. The van der Waals surface area contributed by atoms with E-state index in [1.807, 2.05) is 24.0 Å². The second-order valence-corrected chi connectivity index (χ2v) is 5.20. The van der Waals surface area contributed by atoms with Gasteiger partial charge >= 0.3 is 0 Å². The summed E-state index contributed by atoms with van der Waals surface area (Å²) >= 11 is 2.01. The first-order chi connectivity index (χ1) is 6.74. The lowest BCUT2D eigenvalue weighted by Crippen LogP contribution is -2.19. The van der Waals surface area contributed by atoms with E-state index in [0.29, 0.717) is 11.7 Å². The molecular formula is C10H15N3S. The summed E-state index contributed by atoms with van der Waals surface area (Å²) in [4.78, 5) is 4.05. The number of hydrogen-bond donors (Lipinski definition) is 2. The van der Waals surface area contributed by atoms with Crippen LogP contribution in [-0.4, -0.2) is 22.0 Å². The number of anilines is 2. The molecule has 4 heteroatoms. The molecule has 3 nitrogen and oxygen atoms in total. The van der Waals surface area contributed by atoms with Gasteiger partial charge in [0.05, 0.1) is 17.6 Å². The van der Waals surface area contributed by atoms with E-state index < -0.39 is 0 Å². The second-order valence-electron chi connectivity index (χ2n) is 3.73. The van der Waals surface area contributed by atoms with Crippen LogP contribution in [0.25, 0.3) is 0 Å². The van der Waals surface area contributed by atoms with Gasteiger partial charge < -0.3 is 11.1 Å². The number of hydrogen-bond acceptors (Lipinski definition) is 4. The van der Waals surface area contributed by atoms with Crippen LogP contribution in [0.5, 0.6) is 0 Å². The molecule has 2 unspecified atom stereocenters. The van der Waals surface area contributed by atoms with Crippen LogP contribution in [0, 0.1) is 0 Å². The Balaban J connectivity index is 1.97. The summed E-state index contributed by atoms with van der Waals surface area (Å²) in [6, 6.07) is 2.50. The highest BCUT2D eigenvalue weighted by atomic mass is 32.2. The quantitative estimate of drug-likeness (QED) is 0.782. The van der Waals surface area contributed by atoms with Gasteiger partial charge in [-0.15, -0.1) is 0 Å². The zero-order chi connectivity index (χ0) is 9.97. The smallest absolute Gasteiger partial charge is 0.0549 e. The van der Waals surface area contributed by atoms with Crippen molar-refractivity contribution >= 4 is 23.1 Å². The van der Waals surface area contributed by atoms with E-state index in [9.17, 15) is 0 Å². The summed E-state index contributed by atoms with van der Waals surface area (Å²) < 4.78 is 0. The molecule has 2 heterocycles. The fraction of sp³-hybridized carbons (Fsp3) is 0.500. The van der Waals surface area contributed by atoms with E-state index in [0.717, 1.165) is 10.9 Å². The van der Waals surface area contributed by atoms with Crippen LogP contribution in [-0.2, 0) is 0 Å². The maximum atomic E-state index is 5.65. The lowest BCUT2D eigenvalue weighted by atomic mass is 10.2. The van der Waals surface area contributed by atoms with Crippen molar-refractivity contribution < 1.29 is 0 Å². The lowest BCUT2D eigenvalue weighted by molar-refractivity contribution is 0.746. The van der Waals surface area contributed by atoms with Gasteiger partial charge in [0.1, 0.15) is 0 Å². The van der Waals surface area contributed by atoms with Gasteiger partial charge in [0.2, 0.25) is 0 Å². The Hall–Kier alpha value is -0.900. The molecular weight excluding hydrogens is 194 g/mol. The number of nitrogens with zero attached hydrogens (tertiary/aromatic N) is 1. The molecule has 0 aliphatic carbocycles. The number of nitrogens with one attached hydrogen (secondary N) is 1. The van der Waals surface area contributed by atoms with Crippen molar-refractivity contribution in [2.45, 2.75) is 24.6 Å². The molecule has 14 heavy (non-hydrogen) atoms. The molecule has 2 rings (SSSR count). The normalized spacial score (nSPS) is 26.4. The van der Waals surface area contributed by atoms with Crippen LogP contribution in [0.4, 0.5) is 11.4 Å². The molecule has 1 aromatic heterocycles. The zero-order valence-electron chi connectivity index (χ0n) is 8.23. The summed E-state index contributed by atoms with van der Waals surface area (Å²) in [7, 11) is 0. The minimum absolute atomic E-state index is 0.568. The molecule has 0 saturated carbocycles. The Morgan fingerprint density at radius 1 is 1.57 bits per heavy atom. The molecule has 3 N–H and O–H groups in total. The summed E-state index contributed by atoms with van der Waals surface area (Å²) in [6.45, 7) is 2.27.